The molecule has 10 heteroatoms. The summed E-state index contributed by atoms with van der Waals surface area (Å²) in [5.41, 5.74) is 15.9. The van der Waals surface area contributed by atoms with Gasteiger partial charge in [-0.3, -0.25) is 9.59 Å². The molecule has 0 aliphatic carbocycles. The molecule has 4 heterocycles. The summed E-state index contributed by atoms with van der Waals surface area (Å²) in [4.78, 5) is 32.1. The summed E-state index contributed by atoms with van der Waals surface area (Å²) >= 11 is 3.62. The molecule has 2 N–H and O–H groups in total. The smallest absolute Gasteiger partial charge is 0.155 e. The minimum Gasteiger partial charge on any atom is -0.512 e. The largest absolute Gasteiger partial charge is 0.512 e. The second-order valence-electron chi connectivity index (χ2n) is 19.8. The van der Waals surface area contributed by atoms with Crippen molar-refractivity contribution < 1.29 is 60.0 Å². The molecule has 2 radical (unpaired) electrons. The van der Waals surface area contributed by atoms with Crippen molar-refractivity contribution in [1.82, 2.24) is 9.97 Å². The zero-order valence-corrected chi connectivity index (χ0v) is 50.0. The Morgan fingerprint density at radius 1 is 0.549 bits per heavy atom. The van der Waals surface area contributed by atoms with Gasteiger partial charge in [-0.15, -0.1) is 92.5 Å². The standard InChI is InChI=1S/C26H26NS.C25H24NS.2C5H8O2.2Ir/c1-16-10-19(12-21(11-16)26(4,5)6)22-13-20-14-23(28-24(20)15-27-22)25-17(2)8-7-9-18(25)3;1-16-6-8-18(9-7-16)23-14-20-13-22(26-15-24(20)27-23)19-10-17(2)11-21(12-19)25(3,4)5;2*1-4(6)3-5(2)7;;/h7-9,11-15H,1-6H3;6-9,11-15H,1-5H3;2*3,6H,1-2H3;;/q2*-1;;;;. The quantitative estimate of drug-likeness (QED) is 0.0977. The predicted octanol–water partition coefficient (Wildman–Crippen LogP) is 17.1. The summed E-state index contributed by atoms with van der Waals surface area (Å²) < 4.78 is 2.45. The number of thiophene rings is 2. The van der Waals surface area contributed by atoms with Crippen molar-refractivity contribution >= 4 is 54.4 Å². The molecule has 0 bridgehead atoms. The van der Waals surface area contributed by atoms with Gasteiger partial charge in [0.05, 0.1) is 20.9 Å². The molecule has 0 spiro atoms. The number of nitrogens with zero attached hydrogens (tertiary/aromatic N) is 2. The van der Waals surface area contributed by atoms with E-state index in [0.29, 0.717) is 0 Å². The number of fused-ring (bicyclic) bond motifs is 2. The third kappa shape index (κ3) is 17.5. The van der Waals surface area contributed by atoms with Gasteiger partial charge in [0.15, 0.2) is 11.6 Å². The van der Waals surface area contributed by atoms with Gasteiger partial charge >= 0.3 is 0 Å². The van der Waals surface area contributed by atoms with E-state index in [0.717, 1.165) is 33.6 Å². The van der Waals surface area contributed by atoms with Gasteiger partial charge in [-0.1, -0.05) is 116 Å². The number of rotatable bonds is 6. The van der Waals surface area contributed by atoms with E-state index in [1.54, 1.807) is 11.3 Å². The van der Waals surface area contributed by atoms with Gasteiger partial charge in [-0.2, -0.15) is 0 Å². The van der Waals surface area contributed by atoms with Gasteiger partial charge in [0, 0.05) is 74.5 Å². The Kier molecular flexibility index (Phi) is 22.0. The van der Waals surface area contributed by atoms with Crippen molar-refractivity contribution in [1.29, 1.82) is 0 Å². The van der Waals surface area contributed by atoms with E-state index in [2.05, 4.69) is 179 Å². The summed E-state index contributed by atoms with van der Waals surface area (Å²) in [7, 11) is 0. The van der Waals surface area contributed by atoms with Crippen LogP contribution in [0.1, 0.15) is 108 Å². The van der Waals surface area contributed by atoms with Gasteiger partial charge in [-0.25, -0.2) is 0 Å². The summed E-state index contributed by atoms with van der Waals surface area (Å²) in [5, 5.41) is 19.2. The van der Waals surface area contributed by atoms with Crippen LogP contribution in [0, 0.1) is 46.8 Å². The molecule has 0 saturated heterocycles. The maximum Gasteiger partial charge on any atom is 0.155 e. The number of carbonyl (C=O) groups is 2. The molecule has 6 nitrogen and oxygen atoms in total. The average molecular weight is 1340 g/mol. The molecule has 0 saturated carbocycles. The molecule has 0 unspecified atom stereocenters. The van der Waals surface area contributed by atoms with Crippen molar-refractivity contribution in [2.45, 2.75) is 115 Å². The Labute approximate surface area is 457 Å². The SMILES string of the molecule is CC(=O)C=C(C)O.CC(=O)C=C(C)O.Cc1[c-]c(-c2cc3cc(-c4c(C)cccc4C)sc3cn2)cc(C(C)(C)C)c1.Cc1[c-]c(-c2cc3cc(-c4ccc(C)cc4)sc3cn2)cc(C(C)(C)C)c1.[Ir].[Ir]. The van der Waals surface area contributed by atoms with Crippen LogP contribution in [0.2, 0.25) is 0 Å². The first kappa shape index (κ1) is 60.1. The third-order valence-electron chi connectivity index (χ3n) is 11.0. The number of carbonyl (C=O) groups excluding carboxylic acids is 2. The first-order valence-electron chi connectivity index (χ1n) is 23.1. The Hall–Kier alpha value is -5.18. The first-order valence-corrected chi connectivity index (χ1v) is 24.7. The molecular weight excluding hydrogens is 1270 g/mol. The number of ketones is 2. The van der Waals surface area contributed by atoms with Crippen LogP contribution in [-0.4, -0.2) is 31.7 Å². The van der Waals surface area contributed by atoms with Gasteiger partial charge in [0.1, 0.15) is 0 Å². The number of aromatic nitrogens is 2. The average Bonchev–Trinajstić information content (AvgIpc) is 3.86. The van der Waals surface area contributed by atoms with Crippen LogP contribution in [0.5, 0.6) is 0 Å². The Morgan fingerprint density at radius 2 is 0.944 bits per heavy atom. The molecule has 71 heavy (non-hydrogen) atoms. The number of pyridine rings is 2. The molecule has 4 aromatic heterocycles. The minimum absolute atomic E-state index is 0. The van der Waals surface area contributed by atoms with Crippen molar-refractivity contribution in [3.8, 4) is 43.4 Å². The second kappa shape index (κ2) is 26.0. The fourth-order valence-electron chi connectivity index (χ4n) is 7.53. The van der Waals surface area contributed by atoms with E-state index in [1.807, 2.05) is 23.7 Å². The number of hydrogen-bond acceptors (Lipinski definition) is 8. The van der Waals surface area contributed by atoms with Crippen LogP contribution in [0.3, 0.4) is 0 Å². The Morgan fingerprint density at radius 3 is 1.31 bits per heavy atom. The molecule has 8 rings (SSSR count). The zero-order valence-electron chi connectivity index (χ0n) is 43.6. The number of benzene rings is 4. The van der Waals surface area contributed by atoms with E-state index in [1.165, 1.54) is 109 Å². The Bertz CT molecular complexity index is 3130. The van der Waals surface area contributed by atoms with E-state index in [-0.39, 0.29) is 74.1 Å². The van der Waals surface area contributed by atoms with Crippen LogP contribution in [-0.2, 0) is 60.6 Å². The molecule has 0 amide bonds. The number of hydrogen-bond donors (Lipinski definition) is 2. The summed E-state index contributed by atoms with van der Waals surface area (Å²) in [5.74, 6) is -0.125. The maximum absolute atomic E-state index is 10.0. The number of aryl methyl sites for hydroxylation is 5. The van der Waals surface area contributed by atoms with Crippen molar-refractivity contribution in [2.75, 3.05) is 0 Å². The second-order valence-corrected chi connectivity index (χ2v) is 22.0. The molecule has 0 atom stereocenters. The van der Waals surface area contributed by atoms with Crippen LogP contribution < -0.4 is 0 Å². The zero-order chi connectivity index (χ0) is 51.0. The van der Waals surface area contributed by atoms with E-state index in [9.17, 15) is 9.59 Å². The van der Waals surface area contributed by atoms with E-state index in [4.69, 9.17) is 20.2 Å². The molecule has 0 aliphatic heterocycles. The molecule has 0 aliphatic rings. The van der Waals surface area contributed by atoms with Gasteiger partial charge in [0.25, 0.3) is 0 Å². The van der Waals surface area contributed by atoms with Crippen LogP contribution in [0.25, 0.3) is 63.6 Å². The summed E-state index contributed by atoms with van der Waals surface area (Å²) in [6.45, 7) is 29.9. The monoisotopic (exact) mass is 1340 g/mol. The number of aliphatic hydroxyl groups is 2. The third-order valence-corrected chi connectivity index (χ3v) is 13.2. The van der Waals surface area contributed by atoms with Crippen LogP contribution in [0.15, 0.2) is 127 Å². The first-order chi connectivity index (χ1) is 32.3. The van der Waals surface area contributed by atoms with Gasteiger partial charge in [-0.05, 0) is 116 Å². The minimum atomic E-state index is -0.125. The molecular formula is C61H66Ir2N2O4S2-2. The number of aliphatic hydroxyl groups excluding tert-OH is 2. The maximum atomic E-state index is 10.0. The van der Waals surface area contributed by atoms with Crippen LogP contribution >= 0.6 is 22.7 Å². The van der Waals surface area contributed by atoms with Crippen molar-refractivity contribution in [3.63, 3.8) is 0 Å². The topological polar surface area (TPSA) is 100 Å². The normalized spacial score (nSPS) is 11.5. The molecule has 8 aromatic rings. The van der Waals surface area contributed by atoms with Crippen LogP contribution in [0.4, 0.5) is 0 Å². The van der Waals surface area contributed by atoms with Gasteiger partial charge in [0.2, 0.25) is 0 Å². The summed E-state index contributed by atoms with van der Waals surface area (Å²) in [6, 6.07) is 40.1. The van der Waals surface area contributed by atoms with E-state index >= 15 is 0 Å². The van der Waals surface area contributed by atoms with E-state index < -0.39 is 0 Å². The summed E-state index contributed by atoms with van der Waals surface area (Å²) in [6.07, 6.45) is 6.35. The number of allylic oxidation sites excluding steroid dienone is 4. The fourth-order valence-corrected chi connectivity index (χ4v) is 9.74. The Balaban J connectivity index is 0.000000290. The fraction of sp³-hybridized carbons (Fsp3) is 0.279. The van der Waals surface area contributed by atoms with Crippen molar-refractivity contribution in [3.05, 3.63) is 178 Å². The molecule has 0 fully saturated rings. The molecule has 376 valence electrons. The predicted molar refractivity (Wildman–Crippen MR) is 294 cm³/mol. The van der Waals surface area contributed by atoms with Crippen molar-refractivity contribution in [2.24, 2.45) is 0 Å². The molecule has 4 aromatic carbocycles. The van der Waals surface area contributed by atoms with Gasteiger partial charge < -0.3 is 20.2 Å².